The molecule has 0 saturated heterocycles. The van der Waals surface area contributed by atoms with Crippen LogP contribution in [0.5, 0.6) is 5.75 Å². The Morgan fingerprint density at radius 2 is 2.17 bits per heavy atom. The van der Waals surface area contributed by atoms with Gasteiger partial charge in [-0.3, -0.25) is 0 Å². The van der Waals surface area contributed by atoms with Crippen molar-refractivity contribution in [3.8, 4) is 5.75 Å². The van der Waals surface area contributed by atoms with Gasteiger partial charge in [-0.2, -0.15) is 0 Å². The van der Waals surface area contributed by atoms with Gasteiger partial charge in [0, 0.05) is 12.1 Å². The fraction of sp³-hybridized carbons (Fsp3) is 0.600. The van der Waals surface area contributed by atoms with Crippen LogP contribution in [0.25, 0.3) is 0 Å². The molecule has 3 heteroatoms. The number of rotatable bonds is 6. The van der Waals surface area contributed by atoms with Gasteiger partial charge in [-0.05, 0) is 38.3 Å². The number of nitrogens with one attached hydrogen (secondary N) is 1. The van der Waals surface area contributed by atoms with Crippen LogP contribution < -0.4 is 10.1 Å². The summed E-state index contributed by atoms with van der Waals surface area (Å²) < 4.78 is 5.96. The number of hydrogen-bond donors (Lipinski definition) is 2. The fourth-order valence-corrected chi connectivity index (χ4v) is 2.37. The molecule has 100 valence electrons. The summed E-state index contributed by atoms with van der Waals surface area (Å²) >= 11 is 0. The van der Waals surface area contributed by atoms with Crippen molar-refractivity contribution in [2.45, 2.75) is 51.4 Å². The number of aliphatic hydroxyl groups is 1. The topological polar surface area (TPSA) is 41.5 Å². The molecule has 0 spiro atoms. The van der Waals surface area contributed by atoms with E-state index in [0.717, 1.165) is 44.5 Å². The molecule has 1 aliphatic rings. The van der Waals surface area contributed by atoms with E-state index in [4.69, 9.17) is 4.74 Å². The zero-order chi connectivity index (χ0) is 12.8. The fourth-order valence-electron chi connectivity index (χ4n) is 2.37. The highest BCUT2D eigenvalue weighted by Crippen LogP contribution is 2.26. The molecule has 0 aliphatic heterocycles. The zero-order valence-corrected chi connectivity index (χ0v) is 11.1. The van der Waals surface area contributed by atoms with Crippen molar-refractivity contribution in [1.29, 1.82) is 0 Å². The van der Waals surface area contributed by atoms with Gasteiger partial charge in [-0.25, -0.2) is 0 Å². The molecule has 1 aromatic carbocycles. The van der Waals surface area contributed by atoms with E-state index >= 15 is 0 Å². The number of hydrogen-bond acceptors (Lipinski definition) is 3. The number of aliphatic hydroxyl groups excluding tert-OH is 1. The molecule has 1 aliphatic carbocycles. The predicted octanol–water partition coefficient (Wildman–Crippen LogP) is 2.48. The molecule has 0 radical (unpaired) electrons. The Morgan fingerprint density at radius 3 is 2.89 bits per heavy atom. The van der Waals surface area contributed by atoms with Gasteiger partial charge in [-0.1, -0.05) is 25.1 Å². The summed E-state index contributed by atoms with van der Waals surface area (Å²) in [5.74, 6) is 0.909. The van der Waals surface area contributed by atoms with Crippen LogP contribution in [0.2, 0.25) is 0 Å². The molecule has 2 atom stereocenters. The summed E-state index contributed by atoms with van der Waals surface area (Å²) in [6.07, 6.45) is 3.67. The van der Waals surface area contributed by atoms with Gasteiger partial charge in [-0.15, -0.1) is 0 Å². The van der Waals surface area contributed by atoms with Crippen molar-refractivity contribution in [3.05, 3.63) is 29.8 Å². The van der Waals surface area contributed by atoms with Crippen LogP contribution in [0.1, 0.15) is 38.2 Å². The maximum atomic E-state index is 9.81. The highest BCUT2D eigenvalue weighted by Gasteiger charge is 2.27. The second kappa shape index (κ2) is 6.76. The van der Waals surface area contributed by atoms with Crippen molar-refractivity contribution in [2.75, 3.05) is 6.54 Å². The largest absolute Gasteiger partial charge is 0.487 e. The molecule has 0 amide bonds. The molecule has 1 fully saturated rings. The lowest BCUT2D eigenvalue weighted by Gasteiger charge is -2.19. The quantitative estimate of drug-likeness (QED) is 0.761. The minimum Gasteiger partial charge on any atom is -0.487 e. The van der Waals surface area contributed by atoms with Gasteiger partial charge in [0.05, 0.1) is 6.10 Å². The standard InChI is InChI=1S/C15H23NO2/c1-2-10-16-11-12-6-3-4-8-14(12)18-15-9-5-7-13(15)17/h3-4,6,8,13,15-17H,2,5,7,9-11H2,1H3. The van der Waals surface area contributed by atoms with Crippen molar-refractivity contribution >= 4 is 0 Å². The number of ether oxygens (including phenoxy) is 1. The smallest absolute Gasteiger partial charge is 0.124 e. The van der Waals surface area contributed by atoms with Gasteiger partial charge < -0.3 is 15.2 Å². The molecule has 1 aromatic rings. The average molecular weight is 249 g/mol. The van der Waals surface area contributed by atoms with Gasteiger partial charge >= 0.3 is 0 Å². The predicted molar refractivity (Wildman–Crippen MR) is 72.7 cm³/mol. The Balaban J connectivity index is 1.98. The van der Waals surface area contributed by atoms with Crippen molar-refractivity contribution in [3.63, 3.8) is 0 Å². The van der Waals surface area contributed by atoms with E-state index in [2.05, 4.69) is 18.3 Å². The molecule has 2 N–H and O–H groups in total. The molecule has 3 nitrogen and oxygen atoms in total. The molecule has 0 heterocycles. The highest BCUT2D eigenvalue weighted by atomic mass is 16.5. The number of para-hydroxylation sites is 1. The van der Waals surface area contributed by atoms with Crippen LogP contribution in [0.15, 0.2) is 24.3 Å². The van der Waals surface area contributed by atoms with Crippen LogP contribution in [0.3, 0.4) is 0 Å². The summed E-state index contributed by atoms with van der Waals surface area (Å²) in [6.45, 7) is 4.00. The summed E-state index contributed by atoms with van der Waals surface area (Å²) in [5, 5.41) is 13.2. The summed E-state index contributed by atoms with van der Waals surface area (Å²) in [5.41, 5.74) is 1.17. The van der Waals surface area contributed by atoms with Crippen molar-refractivity contribution in [1.82, 2.24) is 5.32 Å². The molecule has 2 unspecified atom stereocenters. The van der Waals surface area contributed by atoms with Crippen LogP contribution in [0, 0.1) is 0 Å². The second-order valence-corrected chi connectivity index (χ2v) is 4.94. The van der Waals surface area contributed by atoms with Gasteiger partial charge in [0.2, 0.25) is 0 Å². The normalized spacial score (nSPS) is 23.2. The number of benzene rings is 1. The third kappa shape index (κ3) is 3.47. The molecular weight excluding hydrogens is 226 g/mol. The van der Waals surface area contributed by atoms with E-state index in [-0.39, 0.29) is 12.2 Å². The summed E-state index contributed by atoms with van der Waals surface area (Å²) in [6, 6.07) is 8.09. The van der Waals surface area contributed by atoms with E-state index in [0.29, 0.717) is 0 Å². The Hall–Kier alpha value is -1.06. The molecule has 2 rings (SSSR count). The van der Waals surface area contributed by atoms with Crippen LogP contribution in [0.4, 0.5) is 0 Å². The first-order valence-corrected chi connectivity index (χ1v) is 6.94. The molecule has 1 saturated carbocycles. The SMILES string of the molecule is CCCNCc1ccccc1OC1CCCC1O. The third-order valence-electron chi connectivity index (χ3n) is 3.41. The molecule has 0 bridgehead atoms. The van der Waals surface area contributed by atoms with Crippen molar-refractivity contribution < 1.29 is 9.84 Å². The Kier molecular flexibility index (Phi) is 5.02. The first kappa shape index (κ1) is 13.4. The van der Waals surface area contributed by atoms with E-state index < -0.39 is 0 Å². The molecule has 18 heavy (non-hydrogen) atoms. The minimum atomic E-state index is -0.304. The van der Waals surface area contributed by atoms with E-state index in [1.165, 1.54) is 5.56 Å². The minimum absolute atomic E-state index is 0.0303. The summed E-state index contributed by atoms with van der Waals surface area (Å²) in [4.78, 5) is 0. The first-order chi connectivity index (χ1) is 8.81. The van der Waals surface area contributed by atoms with Crippen molar-refractivity contribution in [2.24, 2.45) is 0 Å². The lowest BCUT2D eigenvalue weighted by molar-refractivity contribution is 0.0597. The lowest BCUT2D eigenvalue weighted by atomic mass is 10.2. The van der Waals surface area contributed by atoms with Crippen LogP contribution in [-0.2, 0) is 6.54 Å². The van der Waals surface area contributed by atoms with Gasteiger partial charge in [0.1, 0.15) is 11.9 Å². The van der Waals surface area contributed by atoms with Gasteiger partial charge in [0.15, 0.2) is 0 Å². The maximum Gasteiger partial charge on any atom is 0.124 e. The molecule has 0 aromatic heterocycles. The monoisotopic (exact) mass is 249 g/mol. The van der Waals surface area contributed by atoms with E-state index in [1.807, 2.05) is 18.2 Å². The Bertz CT molecular complexity index is 367. The highest BCUT2D eigenvalue weighted by molar-refractivity contribution is 5.33. The Morgan fingerprint density at radius 1 is 1.33 bits per heavy atom. The van der Waals surface area contributed by atoms with E-state index in [1.54, 1.807) is 0 Å². The molecular formula is C15H23NO2. The first-order valence-electron chi connectivity index (χ1n) is 6.94. The Labute approximate surface area is 109 Å². The lowest BCUT2D eigenvalue weighted by Crippen LogP contribution is -2.26. The average Bonchev–Trinajstić information content (AvgIpc) is 2.78. The second-order valence-electron chi connectivity index (χ2n) is 4.94. The van der Waals surface area contributed by atoms with Gasteiger partial charge in [0.25, 0.3) is 0 Å². The van der Waals surface area contributed by atoms with Crippen LogP contribution in [-0.4, -0.2) is 23.9 Å². The summed E-state index contributed by atoms with van der Waals surface area (Å²) in [7, 11) is 0. The third-order valence-corrected chi connectivity index (χ3v) is 3.41. The zero-order valence-electron chi connectivity index (χ0n) is 11.1. The van der Waals surface area contributed by atoms with E-state index in [9.17, 15) is 5.11 Å². The maximum absolute atomic E-state index is 9.81. The van der Waals surface area contributed by atoms with Crippen LogP contribution >= 0.6 is 0 Å².